The van der Waals surface area contributed by atoms with Crippen molar-refractivity contribution in [3.05, 3.63) is 40.4 Å². The first-order chi connectivity index (χ1) is 8.91. The van der Waals surface area contributed by atoms with Crippen LogP contribution in [0.3, 0.4) is 0 Å². The molecule has 0 N–H and O–H groups in total. The minimum Gasteiger partial charge on any atom is -0.379 e. The van der Waals surface area contributed by atoms with Crippen LogP contribution in [0.1, 0.15) is 16.1 Å². The van der Waals surface area contributed by atoms with Gasteiger partial charge in [-0.15, -0.1) is 11.3 Å². The number of rotatable bonds is 3. The first-order valence-corrected chi connectivity index (χ1v) is 6.36. The number of benzene rings is 1. The summed E-state index contributed by atoms with van der Waals surface area (Å²) >= 11 is 1.43. The quantitative estimate of drug-likeness (QED) is 0.840. The highest BCUT2D eigenvalue weighted by Crippen LogP contribution is 2.33. The van der Waals surface area contributed by atoms with E-state index in [1.807, 2.05) is 6.92 Å². The molecule has 102 valence electrons. The predicted molar refractivity (Wildman–Crippen MR) is 68.0 cm³/mol. The molecule has 0 radical (unpaired) electrons. The van der Waals surface area contributed by atoms with Crippen molar-refractivity contribution in [3.8, 4) is 10.6 Å². The van der Waals surface area contributed by atoms with Crippen LogP contribution in [0.5, 0.6) is 0 Å². The Kier molecular flexibility index (Phi) is 3.91. The summed E-state index contributed by atoms with van der Waals surface area (Å²) in [6.07, 6.45) is -4.31. The fourth-order valence-electron chi connectivity index (χ4n) is 1.62. The van der Waals surface area contributed by atoms with E-state index in [1.165, 1.54) is 23.5 Å². The number of methoxy groups -OCH3 is 1. The molecule has 2 nitrogen and oxygen atoms in total. The van der Waals surface area contributed by atoms with Gasteiger partial charge in [-0.25, -0.2) is 4.98 Å². The normalized spacial score (nSPS) is 11.8. The van der Waals surface area contributed by atoms with E-state index in [0.717, 1.165) is 22.7 Å². The zero-order valence-electron chi connectivity index (χ0n) is 10.4. The molecule has 0 bridgehead atoms. The molecule has 0 aliphatic carbocycles. The second-order valence-corrected chi connectivity index (χ2v) is 5.12. The Balaban J connectivity index is 2.30. The van der Waals surface area contributed by atoms with Crippen LogP contribution in [0, 0.1) is 6.92 Å². The standard InChI is InChI=1S/C13H12F3NOS/c1-8-11(7-18-2)19-12(17-8)9-3-5-10(6-4-9)13(14,15)16/h3-6H,7H2,1-2H3. The Hall–Kier alpha value is -1.40. The molecule has 0 fully saturated rings. The summed E-state index contributed by atoms with van der Waals surface area (Å²) < 4.78 is 42.4. The second-order valence-electron chi connectivity index (χ2n) is 4.04. The van der Waals surface area contributed by atoms with Crippen LogP contribution in [0.25, 0.3) is 10.6 Å². The molecule has 6 heteroatoms. The third-order valence-corrected chi connectivity index (χ3v) is 3.81. The van der Waals surface area contributed by atoms with Crippen molar-refractivity contribution in [2.75, 3.05) is 7.11 Å². The van der Waals surface area contributed by atoms with Crippen LogP contribution < -0.4 is 0 Å². The average molecular weight is 287 g/mol. The molecular formula is C13H12F3NOS. The van der Waals surface area contributed by atoms with Gasteiger partial charge in [-0.2, -0.15) is 13.2 Å². The lowest BCUT2D eigenvalue weighted by atomic mass is 10.1. The first kappa shape index (κ1) is 14.0. The smallest absolute Gasteiger partial charge is 0.379 e. The van der Waals surface area contributed by atoms with Crippen LogP contribution in [-0.2, 0) is 17.5 Å². The van der Waals surface area contributed by atoms with Gasteiger partial charge in [-0.3, -0.25) is 0 Å². The summed E-state index contributed by atoms with van der Waals surface area (Å²) in [4.78, 5) is 5.33. The maximum Gasteiger partial charge on any atom is 0.416 e. The van der Waals surface area contributed by atoms with Crippen LogP contribution >= 0.6 is 11.3 Å². The number of hydrogen-bond acceptors (Lipinski definition) is 3. The van der Waals surface area contributed by atoms with Gasteiger partial charge in [0.1, 0.15) is 5.01 Å². The van der Waals surface area contributed by atoms with Crippen molar-refractivity contribution in [2.45, 2.75) is 19.7 Å². The summed E-state index contributed by atoms with van der Waals surface area (Å²) in [5.41, 5.74) is 0.881. The van der Waals surface area contributed by atoms with E-state index >= 15 is 0 Å². The van der Waals surface area contributed by atoms with E-state index in [0.29, 0.717) is 17.2 Å². The van der Waals surface area contributed by atoms with Gasteiger partial charge in [0.15, 0.2) is 0 Å². The molecule has 0 spiro atoms. The molecule has 0 aliphatic heterocycles. The molecule has 0 unspecified atom stereocenters. The molecule has 2 aromatic rings. The summed E-state index contributed by atoms with van der Waals surface area (Å²) in [7, 11) is 1.59. The maximum absolute atomic E-state index is 12.5. The van der Waals surface area contributed by atoms with E-state index in [2.05, 4.69) is 4.98 Å². The van der Waals surface area contributed by atoms with Gasteiger partial charge in [0.2, 0.25) is 0 Å². The number of aromatic nitrogens is 1. The lowest BCUT2D eigenvalue weighted by Crippen LogP contribution is -2.03. The molecule has 1 aromatic carbocycles. The van der Waals surface area contributed by atoms with Gasteiger partial charge in [0.05, 0.1) is 22.7 Å². The van der Waals surface area contributed by atoms with Gasteiger partial charge in [-0.05, 0) is 19.1 Å². The monoisotopic (exact) mass is 287 g/mol. The zero-order valence-corrected chi connectivity index (χ0v) is 11.2. The summed E-state index contributed by atoms with van der Waals surface area (Å²) in [5, 5.41) is 0.707. The number of ether oxygens (including phenoxy) is 1. The fraction of sp³-hybridized carbons (Fsp3) is 0.308. The van der Waals surface area contributed by atoms with E-state index < -0.39 is 11.7 Å². The van der Waals surface area contributed by atoms with Crippen LogP contribution in [0.2, 0.25) is 0 Å². The number of halogens is 3. The minimum atomic E-state index is -4.31. The van der Waals surface area contributed by atoms with Crippen LogP contribution in [-0.4, -0.2) is 12.1 Å². The van der Waals surface area contributed by atoms with Crippen LogP contribution in [0.4, 0.5) is 13.2 Å². The Bertz CT molecular complexity index is 560. The molecule has 1 heterocycles. The minimum absolute atomic E-state index is 0.462. The van der Waals surface area contributed by atoms with E-state index in [9.17, 15) is 13.2 Å². The molecule has 0 atom stereocenters. The molecule has 0 aliphatic rings. The van der Waals surface area contributed by atoms with E-state index in [1.54, 1.807) is 7.11 Å². The molecule has 0 saturated heterocycles. The highest BCUT2D eigenvalue weighted by Gasteiger charge is 2.30. The van der Waals surface area contributed by atoms with Gasteiger partial charge in [-0.1, -0.05) is 12.1 Å². The highest BCUT2D eigenvalue weighted by molar-refractivity contribution is 7.15. The van der Waals surface area contributed by atoms with Crippen molar-refractivity contribution in [1.82, 2.24) is 4.98 Å². The number of nitrogens with zero attached hydrogens (tertiary/aromatic N) is 1. The molecule has 0 saturated carbocycles. The summed E-state index contributed by atoms with van der Waals surface area (Å²) in [6, 6.07) is 5.03. The fourth-order valence-corrected chi connectivity index (χ4v) is 2.66. The molecule has 1 aromatic heterocycles. The number of thiazole rings is 1. The summed E-state index contributed by atoms with van der Waals surface area (Å²) in [6.45, 7) is 2.32. The van der Waals surface area contributed by atoms with Gasteiger partial charge < -0.3 is 4.74 Å². The Morgan fingerprint density at radius 1 is 1.21 bits per heavy atom. The topological polar surface area (TPSA) is 22.1 Å². The highest BCUT2D eigenvalue weighted by atomic mass is 32.1. The summed E-state index contributed by atoms with van der Waals surface area (Å²) in [5.74, 6) is 0. The largest absolute Gasteiger partial charge is 0.416 e. The van der Waals surface area contributed by atoms with Crippen molar-refractivity contribution < 1.29 is 17.9 Å². The van der Waals surface area contributed by atoms with E-state index in [4.69, 9.17) is 4.74 Å². The van der Waals surface area contributed by atoms with Gasteiger partial charge in [0, 0.05) is 12.7 Å². The van der Waals surface area contributed by atoms with Crippen LogP contribution in [0.15, 0.2) is 24.3 Å². The SMILES string of the molecule is COCc1sc(-c2ccc(C(F)(F)F)cc2)nc1C. The van der Waals surface area contributed by atoms with Crippen molar-refractivity contribution in [2.24, 2.45) is 0 Å². The predicted octanol–water partition coefficient (Wildman–Crippen LogP) is 4.28. The Morgan fingerprint density at radius 3 is 2.37 bits per heavy atom. The van der Waals surface area contributed by atoms with E-state index in [-0.39, 0.29) is 0 Å². The molecule has 19 heavy (non-hydrogen) atoms. The van der Waals surface area contributed by atoms with Crippen molar-refractivity contribution in [3.63, 3.8) is 0 Å². The molecule has 2 rings (SSSR count). The number of aryl methyl sites for hydroxylation is 1. The Labute approximate surface area is 112 Å². The van der Waals surface area contributed by atoms with Gasteiger partial charge in [0.25, 0.3) is 0 Å². The maximum atomic E-state index is 12.5. The molecule has 0 amide bonds. The average Bonchev–Trinajstić information content (AvgIpc) is 2.71. The third-order valence-electron chi connectivity index (χ3n) is 2.63. The lowest BCUT2D eigenvalue weighted by molar-refractivity contribution is -0.137. The lowest BCUT2D eigenvalue weighted by Gasteiger charge is -2.06. The Morgan fingerprint density at radius 2 is 1.84 bits per heavy atom. The third kappa shape index (κ3) is 3.13. The van der Waals surface area contributed by atoms with Crippen molar-refractivity contribution >= 4 is 11.3 Å². The second kappa shape index (κ2) is 5.30. The van der Waals surface area contributed by atoms with Gasteiger partial charge >= 0.3 is 6.18 Å². The number of alkyl halides is 3. The number of hydrogen-bond donors (Lipinski definition) is 0. The molecular weight excluding hydrogens is 275 g/mol. The van der Waals surface area contributed by atoms with Crippen molar-refractivity contribution in [1.29, 1.82) is 0 Å². The zero-order chi connectivity index (χ0) is 14.0. The first-order valence-electron chi connectivity index (χ1n) is 5.54.